The van der Waals surface area contributed by atoms with Crippen LogP contribution in [0, 0.1) is 11.6 Å². The molecule has 1 amide bonds. The molecule has 1 aromatic rings. The van der Waals surface area contributed by atoms with Gasteiger partial charge in [-0.15, -0.1) is 0 Å². The molecule has 4 nitrogen and oxygen atoms in total. The molecular weight excluding hydrogens is 240 g/mol. The van der Waals surface area contributed by atoms with Gasteiger partial charge in [0, 0.05) is 13.6 Å². The van der Waals surface area contributed by atoms with Crippen molar-refractivity contribution in [3.05, 3.63) is 29.3 Å². The molecule has 0 saturated carbocycles. The monoisotopic (exact) mass is 257 g/mol. The first-order valence-corrected chi connectivity index (χ1v) is 5.63. The molecule has 1 rings (SSSR count). The van der Waals surface area contributed by atoms with Crippen LogP contribution in [-0.4, -0.2) is 26.0 Å². The third-order valence-electron chi connectivity index (χ3n) is 2.43. The summed E-state index contributed by atoms with van der Waals surface area (Å²) in [5.74, 6) is -2.05. The Labute approximate surface area is 105 Å². The fourth-order valence-electron chi connectivity index (χ4n) is 1.67. The van der Waals surface area contributed by atoms with Crippen LogP contribution in [0.15, 0.2) is 12.1 Å². The Morgan fingerprint density at radius 2 is 1.94 bits per heavy atom. The van der Waals surface area contributed by atoms with Crippen LogP contribution in [0.25, 0.3) is 0 Å². The summed E-state index contributed by atoms with van der Waals surface area (Å²) in [7, 11) is 1.41. The minimum atomic E-state index is -0.702. The molecule has 6 heteroatoms. The molecule has 0 saturated heterocycles. The Morgan fingerprint density at radius 3 is 2.39 bits per heavy atom. The van der Waals surface area contributed by atoms with E-state index in [0.29, 0.717) is 18.7 Å². The number of halogens is 2. The number of hydrogen-bond donors (Lipinski definition) is 2. The van der Waals surface area contributed by atoms with Crippen molar-refractivity contribution in [3.63, 3.8) is 0 Å². The van der Waals surface area contributed by atoms with E-state index in [1.165, 1.54) is 19.2 Å². The van der Waals surface area contributed by atoms with E-state index in [1.807, 2.05) is 6.92 Å². The molecule has 0 fully saturated rings. The van der Waals surface area contributed by atoms with Crippen LogP contribution in [0.4, 0.5) is 14.5 Å². The highest BCUT2D eigenvalue weighted by Crippen LogP contribution is 2.23. The van der Waals surface area contributed by atoms with Crippen LogP contribution < -0.4 is 16.0 Å². The number of carbonyl (C=O) groups excluding carboxylic acids is 1. The Morgan fingerprint density at radius 1 is 1.39 bits per heavy atom. The van der Waals surface area contributed by atoms with Crippen molar-refractivity contribution >= 4 is 11.6 Å². The van der Waals surface area contributed by atoms with Gasteiger partial charge in [-0.25, -0.2) is 8.78 Å². The molecular formula is C12H17F2N3O. The summed E-state index contributed by atoms with van der Waals surface area (Å²) < 4.78 is 27.6. The maximum atomic E-state index is 13.8. The summed E-state index contributed by atoms with van der Waals surface area (Å²) in [4.78, 5) is 11.9. The maximum absolute atomic E-state index is 13.8. The summed E-state index contributed by atoms with van der Waals surface area (Å²) in [6.07, 6.45) is 0. The zero-order valence-electron chi connectivity index (χ0n) is 10.5. The number of nitrogens with two attached hydrogens (primary N) is 1. The number of nitrogens with one attached hydrogen (secondary N) is 1. The van der Waals surface area contributed by atoms with E-state index in [0.717, 1.165) is 4.90 Å². The number of rotatable bonds is 6. The van der Waals surface area contributed by atoms with E-state index in [1.54, 1.807) is 0 Å². The first-order chi connectivity index (χ1) is 8.45. The van der Waals surface area contributed by atoms with E-state index >= 15 is 0 Å². The Kier molecular flexibility index (Phi) is 5.03. The number of hydrogen-bond acceptors (Lipinski definition) is 3. The second-order valence-electron chi connectivity index (χ2n) is 4.01. The lowest BCUT2D eigenvalue weighted by Gasteiger charge is -2.19. The number of benzene rings is 1. The van der Waals surface area contributed by atoms with Gasteiger partial charge in [-0.05, 0) is 24.2 Å². The normalized spacial score (nSPS) is 10.4. The highest BCUT2D eigenvalue weighted by Gasteiger charge is 2.16. The van der Waals surface area contributed by atoms with Crippen LogP contribution in [-0.2, 0) is 11.3 Å². The van der Waals surface area contributed by atoms with Gasteiger partial charge in [0.1, 0.15) is 17.3 Å². The smallest absolute Gasteiger partial charge is 0.236 e. The molecule has 0 unspecified atom stereocenters. The molecule has 18 heavy (non-hydrogen) atoms. The van der Waals surface area contributed by atoms with E-state index in [-0.39, 0.29) is 12.2 Å². The average molecular weight is 257 g/mol. The van der Waals surface area contributed by atoms with Crippen LogP contribution in [0.3, 0.4) is 0 Å². The second-order valence-corrected chi connectivity index (χ2v) is 4.01. The SMILES string of the molecule is CCNCc1cc(F)c(N(C)CC(N)=O)c(F)c1. The zero-order valence-corrected chi connectivity index (χ0v) is 10.5. The van der Waals surface area contributed by atoms with Gasteiger partial charge in [-0.1, -0.05) is 6.92 Å². The van der Waals surface area contributed by atoms with E-state index in [2.05, 4.69) is 5.32 Å². The fourth-order valence-corrected chi connectivity index (χ4v) is 1.67. The van der Waals surface area contributed by atoms with E-state index < -0.39 is 17.5 Å². The van der Waals surface area contributed by atoms with Gasteiger partial charge >= 0.3 is 0 Å². The summed E-state index contributed by atoms with van der Waals surface area (Å²) in [6, 6.07) is 2.50. The molecule has 100 valence electrons. The van der Waals surface area contributed by atoms with Crippen LogP contribution in [0.5, 0.6) is 0 Å². The second kappa shape index (κ2) is 6.30. The van der Waals surface area contributed by atoms with Gasteiger partial charge < -0.3 is 16.0 Å². The lowest BCUT2D eigenvalue weighted by atomic mass is 10.1. The summed E-state index contributed by atoms with van der Waals surface area (Å²) >= 11 is 0. The maximum Gasteiger partial charge on any atom is 0.236 e. The highest BCUT2D eigenvalue weighted by atomic mass is 19.1. The van der Waals surface area contributed by atoms with Crippen LogP contribution in [0.1, 0.15) is 12.5 Å². The van der Waals surface area contributed by atoms with Gasteiger partial charge in [-0.2, -0.15) is 0 Å². The van der Waals surface area contributed by atoms with Gasteiger partial charge in [-0.3, -0.25) is 4.79 Å². The topological polar surface area (TPSA) is 58.4 Å². The van der Waals surface area contributed by atoms with Crippen molar-refractivity contribution in [1.82, 2.24) is 5.32 Å². The molecule has 3 N–H and O–H groups in total. The van der Waals surface area contributed by atoms with Gasteiger partial charge in [0.25, 0.3) is 0 Å². The van der Waals surface area contributed by atoms with Crippen LogP contribution in [0.2, 0.25) is 0 Å². The predicted molar refractivity (Wildman–Crippen MR) is 66.2 cm³/mol. The third kappa shape index (κ3) is 3.66. The zero-order chi connectivity index (χ0) is 13.7. The van der Waals surface area contributed by atoms with Crippen molar-refractivity contribution in [2.75, 3.05) is 25.0 Å². The minimum absolute atomic E-state index is 0.236. The number of likely N-dealkylation sites (N-methyl/N-ethyl adjacent to an activating group) is 1. The van der Waals surface area contributed by atoms with Crippen molar-refractivity contribution < 1.29 is 13.6 Å². The number of nitrogens with zero attached hydrogens (tertiary/aromatic N) is 1. The number of anilines is 1. The first-order valence-electron chi connectivity index (χ1n) is 5.63. The minimum Gasteiger partial charge on any atom is -0.368 e. The Bertz CT molecular complexity index is 414. The molecule has 0 aliphatic carbocycles. The number of carbonyl (C=O) groups is 1. The van der Waals surface area contributed by atoms with Crippen molar-refractivity contribution in [2.45, 2.75) is 13.5 Å². The number of amides is 1. The quantitative estimate of drug-likeness (QED) is 0.799. The lowest BCUT2D eigenvalue weighted by molar-refractivity contribution is -0.116. The molecule has 0 spiro atoms. The fraction of sp³-hybridized carbons (Fsp3) is 0.417. The highest BCUT2D eigenvalue weighted by molar-refractivity contribution is 5.79. The summed E-state index contributed by atoms with van der Waals surface area (Å²) in [5.41, 5.74) is 5.27. The number of primary amides is 1. The Balaban J connectivity index is 2.96. The largest absolute Gasteiger partial charge is 0.368 e. The van der Waals surface area contributed by atoms with Gasteiger partial charge in [0.05, 0.1) is 6.54 Å². The van der Waals surface area contributed by atoms with Crippen LogP contribution >= 0.6 is 0 Å². The molecule has 0 atom stereocenters. The Hall–Kier alpha value is -1.69. The van der Waals surface area contributed by atoms with Crippen molar-refractivity contribution in [3.8, 4) is 0 Å². The molecule has 0 heterocycles. The standard InChI is InChI=1S/C12H17F2N3O/c1-3-16-6-8-4-9(13)12(10(14)5-8)17(2)7-11(15)18/h4-5,16H,3,6-7H2,1-2H3,(H2,15,18). The molecule has 1 aromatic carbocycles. The van der Waals surface area contributed by atoms with Gasteiger partial charge in [0.15, 0.2) is 0 Å². The molecule has 0 aliphatic heterocycles. The average Bonchev–Trinajstić information content (AvgIpc) is 2.24. The predicted octanol–water partition coefficient (Wildman–Crippen LogP) is 0.996. The molecule has 0 aromatic heterocycles. The lowest BCUT2D eigenvalue weighted by Crippen LogP contribution is -2.31. The summed E-state index contributed by atoms with van der Waals surface area (Å²) in [5, 5.41) is 2.98. The third-order valence-corrected chi connectivity index (χ3v) is 2.43. The van der Waals surface area contributed by atoms with E-state index in [9.17, 15) is 13.6 Å². The summed E-state index contributed by atoms with van der Waals surface area (Å²) in [6.45, 7) is 2.78. The molecule has 0 aliphatic rings. The van der Waals surface area contributed by atoms with E-state index in [4.69, 9.17) is 5.73 Å². The van der Waals surface area contributed by atoms with Crippen molar-refractivity contribution in [1.29, 1.82) is 0 Å². The first kappa shape index (κ1) is 14.4. The van der Waals surface area contributed by atoms with Gasteiger partial charge in [0.2, 0.25) is 5.91 Å². The molecule has 0 radical (unpaired) electrons. The van der Waals surface area contributed by atoms with Crippen molar-refractivity contribution in [2.24, 2.45) is 5.73 Å². The molecule has 0 bridgehead atoms.